The van der Waals surface area contributed by atoms with Crippen molar-refractivity contribution >= 4 is 21.7 Å². The predicted molar refractivity (Wildman–Crippen MR) is 79.0 cm³/mol. The molecule has 0 atom stereocenters. The van der Waals surface area contributed by atoms with E-state index in [1.165, 1.54) is 12.8 Å². The first-order valence-electron chi connectivity index (χ1n) is 6.66. The first-order valence-corrected chi connectivity index (χ1v) is 7.45. The maximum Gasteiger partial charge on any atom is 0.198 e. The fraction of sp³-hybridized carbons (Fsp3) is 0.714. The molecule has 1 saturated heterocycles. The number of halogens is 1. The summed E-state index contributed by atoms with van der Waals surface area (Å²) in [4.78, 5) is 11.4. The molecule has 0 aromatic carbocycles. The molecule has 0 N–H and O–H groups in total. The summed E-state index contributed by atoms with van der Waals surface area (Å²) in [5, 5.41) is 0. The molecule has 1 aromatic rings. The molecule has 0 unspecified atom stereocenters. The van der Waals surface area contributed by atoms with Gasteiger partial charge >= 0.3 is 0 Å². The second kappa shape index (κ2) is 5.16. The molecular weight excluding hydrogens is 290 g/mol. The fourth-order valence-electron chi connectivity index (χ4n) is 2.19. The van der Waals surface area contributed by atoms with Crippen LogP contribution >= 0.6 is 15.9 Å². The molecule has 0 amide bonds. The van der Waals surface area contributed by atoms with Gasteiger partial charge in [-0.2, -0.15) is 0 Å². The summed E-state index contributed by atoms with van der Waals surface area (Å²) in [6, 6.07) is 2.14. The molecule has 18 heavy (non-hydrogen) atoms. The Hall–Kier alpha value is -0.640. The van der Waals surface area contributed by atoms with E-state index in [2.05, 4.69) is 64.6 Å². The topological polar surface area (TPSA) is 29.0 Å². The zero-order valence-corrected chi connectivity index (χ0v) is 13.3. The molecule has 3 nitrogen and oxygen atoms in total. The van der Waals surface area contributed by atoms with Crippen LogP contribution in [0.2, 0.25) is 0 Å². The lowest BCUT2D eigenvalue weighted by molar-refractivity contribution is 0.435. The second-order valence-electron chi connectivity index (χ2n) is 6.30. The summed E-state index contributed by atoms with van der Waals surface area (Å²) in [7, 11) is 0. The average molecular weight is 312 g/mol. The summed E-state index contributed by atoms with van der Waals surface area (Å²) >= 11 is 3.44. The largest absolute Gasteiger partial charge is 0.356 e. The summed E-state index contributed by atoms with van der Waals surface area (Å²) in [5.74, 6) is 1.90. The molecule has 0 spiro atoms. The van der Waals surface area contributed by atoms with E-state index in [1.54, 1.807) is 0 Å². The lowest BCUT2D eigenvalue weighted by atomic mass is 9.92. The number of hydrogen-bond donors (Lipinski definition) is 0. The van der Waals surface area contributed by atoms with Crippen LogP contribution in [0.1, 0.15) is 46.2 Å². The van der Waals surface area contributed by atoms with E-state index in [1.807, 2.05) is 0 Å². The van der Waals surface area contributed by atoms with E-state index in [-0.39, 0.29) is 5.41 Å². The molecule has 100 valence electrons. The highest BCUT2D eigenvalue weighted by molar-refractivity contribution is 9.10. The third-order valence-corrected chi connectivity index (χ3v) is 3.92. The first-order chi connectivity index (χ1) is 8.36. The van der Waals surface area contributed by atoms with E-state index >= 15 is 0 Å². The van der Waals surface area contributed by atoms with Gasteiger partial charge in [0.25, 0.3) is 0 Å². The van der Waals surface area contributed by atoms with Gasteiger partial charge in [-0.15, -0.1) is 0 Å². The van der Waals surface area contributed by atoms with Crippen molar-refractivity contribution < 1.29 is 0 Å². The maximum absolute atomic E-state index is 4.53. The van der Waals surface area contributed by atoms with Crippen LogP contribution in [0.15, 0.2) is 10.8 Å². The smallest absolute Gasteiger partial charge is 0.198 e. The highest BCUT2D eigenvalue weighted by atomic mass is 79.9. The Morgan fingerprint density at radius 2 is 1.83 bits per heavy atom. The standard InChI is InChI=1S/C14H22BrN3/c1-10-5-7-18(8-6-10)12-9-11(14(2,3)4)16-13(15)17-12/h9-10H,5-8H2,1-4H3. The van der Waals surface area contributed by atoms with E-state index in [0.29, 0.717) is 4.73 Å². The molecule has 2 heterocycles. The Labute approximate surface area is 118 Å². The van der Waals surface area contributed by atoms with E-state index in [9.17, 15) is 0 Å². The van der Waals surface area contributed by atoms with Gasteiger partial charge in [-0.3, -0.25) is 0 Å². The van der Waals surface area contributed by atoms with Crippen LogP contribution in [0.4, 0.5) is 5.82 Å². The van der Waals surface area contributed by atoms with Gasteiger partial charge in [0.05, 0.1) is 5.69 Å². The summed E-state index contributed by atoms with van der Waals surface area (Å²) in [6.45, 7) is 11.1. The molecule has 0 saturated carbocycles. The van der Waals surface area contributed by atoms with Crippen LogP contribution in [0.25, 0.3) is 0 Å². The van der Waals surface area contributed by atoms with Crippen LogP contribution in [0.3, 0.4) is 0 Å². The van der Waals surface area contributed by atoms with Crippen LogP contribution in [0.5, 0.6) is 0 Å². The zero-order valence-electron chi connectivity index (χ0n) is 11.7. The maximum atomic E-state index is 4.53. The normalized spacial score (nSPS) is 18.2. The fourth-order valence-corrected chi connectivity index (χ4v) is 2.56. The second-order valence-corrected chi connectivity index (χ2v) is 7.01. The Bertz CT molecular complexity index is 418. The summed E-state index contributed by atoms with van der Waals surface area (Å²) < 4.78 is 0.698. The minimum atomic E-state index is 0.0588. The van der Waals surface area contributed by atoms with Crippen molar-refractivity contribution in [1.82, 2.24) is 9.97 Å². The van der Waals surface area contributed by atoms with Crippen molar-refractivity contribution in [3.8, 4) is 0 Å². The van der Waals surface area contributed by atoms with Gasteiger partial charge in [0.1, 0.15) is 5.82 Å². The minimum Gasteiger partial charge on any atom is -0.356 e. The number of piperidine rings is 1. The highest BCUT2D eigenvalue weighted by Gasteiger charge is 2.21. The van der Waals surface area contributed by atoms with Gasteiger partial charge in [-0.1, -0.05) is 27.7 Å². The number of anilines is 1. The Morgan fingerprint density at radius 3 is 2.39 bits per heavy atom. The monoisotopic (exact) mass is 311 g/mol. The van der Waals surface area contributed by atoms with Gasteiger partial charge in [-0.05, 0) is 34.7 Å². The van der Waals surface area contributed by atoms with Crippen molar-refractivity contribution in [2.24, 2.45) is 5.92 Å². The van der Waals surface area contributed by atoms with Crippen LogP contribution in [0, 0.1) is 5.92 Å². The molecule has 2 rings (SSSR count). The number of nitrogens with zero attached hydrogens (tertiary/aromatic N) is 3. The molecule has 0 aliphatic carbocycles. The van der Waals surface area contributed by atoms with Crippen LogP contribution < -0.4 is 4.90 Å². The van der Waals surface area contributed by atoms with Gasteiger partial charge in [0, 0.05) is 24.6 Å². The third-order valence-electron chi connectivity index (χ3n) is 3.56. The van der Waals surface area contributed by atoms with Gasteiger partial charge in [0.2, 0.25) is 0 Å². The molecule has 1 aliphatic rings. The summed E-state index contributed by atoms with van der Waals surface area (Å²) in [5.41, 5.74) is 1.15. The Balaban J connectivity index is 2.25. The average Bonchev–Trinajstić information content (AvgIpc) is 2.28. The van der Waals surface area contributed by atoms with Gasteiger partial charge in [-0.25, -0.2) is 9.97 Å². The first kappa shape index (κ1) is 13.8. The van der Waals surface area contributed by atoms with Crippen molar-refractivity contribution in [2.75, 3.05) is 18.0 Å². The third kappa shape index (κ3) is 3.22. The lowest BCUT2D eigenvalue weighted by Crippen LogP contribution is -2.33. The van der Waals surface area contributed by atoms with E-state index in [4.69, 9.17) is 0 Å². The minimum absolute atomic E-state index is 0.0588. The van der Waals surface area contributed by atoms with E-state index in [0.717, 1.165) is 30.5 Å². The zero-order chi connectivity index (χ0) is 13.3. The molecule has 1 aliphatic heterocycles. The van der Waals surface area contributed by atoms with Crippen LogP contribution in [-0.2, 0) is 5.41 Å². The molecule has 0 bridgehead atoms. The van der Waals surface area contributed by atoms with Crippen molar-refractivity contribution in [2.45, 2.75) is 46.0 Å². The molecular formula is C14H22BrN3. The van der Waals surface area contributed by atoms with Crippen LogP contribution in [-0.4, -0.2) is 23.1 Å². The Kier molecular flexibility index (Phi) is 3.95. The van der Waals surface area contributed by atoms with Gasteiger partial charge in [0.15, 0.2) is 4.73 Å². The molecule has 1 fully saturated rings. The molecule has 0 radical (unpaired) electrons. The van der Waals surface area contributed by atoms with E-state index < -0.39 is 0 Å². The van der Waals surface area contributed by atoms with Crippen molar-refractivity contribution in [3.63, 3.8) is 0 Å². The number of rotatable bonds is 1. The van der Waals surface area contributed by atoms with Gasteiger partial charge < -0.3 is 4.90 Å². The molecule has 1 aromatic heterocycles. The van der Waals surface area contributed by atoms with Crippen molar-refractivity contribution in [3.05, 3.63) is 16.5 Å². The Morgan fingerprint density at radius 1 is 1.22 bits per heavy atom. The molecule has 4 heteroatoms. The lowest BCUT2D eigenvalue weighted by Gasteiger charge is -2.32. The summed E-state index contributed by atoms with van der Waals surface area (Å²) in [6.07, 6.45) is 2.51. The highest BCUT2D eigenvalue weighted by Crippen LogP contribution is 2.27. The SMILES string of the molecule is CC1CCN(c2cc(C(C)(C)C)nc(Br)n2)CC1. The number of aromatic nitrogens is 2. The van der Waals surface area contributed by atoms with Crippen molar-refractivity contribution in [1.29, 1.82) is 0 Å². The predicted octanol–water partition coefficient (Wildman–Crippen LogP) is 3.77. The quantitative estimate of drug-likeness (QED) is 0.739. The number of hydrogen-bond acceptors (Lipinski definition) is 3.